The third-order valence-electron chi connectivity index (χ3n) is 5.34. The number of hydrogen-bond donors (Lipinski definition) is 1. The molecule has 7 nitrogen and oxygen atoms in total. The van der Waals surface area contributed by atoms with Gasteiger partial charge in [-0.3, -0.25) is 9.59 Å². The summed E-state index contributed by atoms with van der Waals surface area (Å²) in [7, 11) is 1.66. The quantitative estimate of drug-likeness (QED) is 0.672. The first-order chi connectivity index (χ1) is 13.9. The number of aromatic nitrogens is 3. The summed E-state index contributed by atoms with van der Waals surface area (Å²) in [6, 6.07) is 6.42. The Kier molecular flexibility index (Phi) is 5.63. The summed E-state index contributed by atoms with van der Waals surface area (Å²) in [6.07, 6.45) is 4.70. The van der Waals surface area contributed by atoms with Crippen LogP contribution < -0.4 is 5.32 Å². The third-order valence-corrected chi connectivity index (χ3v) is 6.27. The molecule has 2 aromatic rings. The van der Waals surface area contributed by atoms with Gasteiger partial charge in [-0.15, -0.1) is 10.2 Å². The molecule has 1 N–H and O–H groups in total. The first-order valence-corrected chi connectivity index (χ1v) is 11.1. The van der Waals surface area contributed by atoms with Gasteiger partial charge >= 0.3 is 0 Å². The van der Waals surface area contributed by atoms with Crippen LogP contribution in [0.4, 0.5) is 5.69 Å². The van der Waals surface area contributed by atoms with Gasteiger partial charge in [-0.1, -0.05) is 23.9 Å². The second kappa shape index (κ2) is 8.18. The average molecular weight is 414 g/mol. The Bertz CT molecular complexity index is 933. The predicted octanol–water partition coefficient (Wildman–Crippen LogP) is 3.30. The maximum absolute atomic E-state index is 12.5. The molecule has 2 aliphatic carbocycles. The maximum Gasteiger partial charge on any atom is 0.243 e. The SMILES string of the molecule is Cc1ccc(C)c(NC(=O)CN(C)C(=O)CSc2nnc(C3CC3)n2C2CC2)c1. The molecule has 0 bridgehead atoms. The number of anilines is 1. The smallest absolute Gasteiger partial charge is 0.243 e. The van der Waals surface area contributed by atoms with Gasteiger partial charge in [-0.05, 0) is 56.7 Å². The molecule has 0 unspecified atom stereocenters. The van der Waals surface area contributed by atoms with E-state index in [4.69, 9.17) is 0 Å². The van der Waals surface area contributed by atoms with Crippen molar-refractivity contribution in [3.8, 4) is 0 Å². The lowest BCUT2D eigenvalue weighted by atomic mass is 10.1. The summed E-state index contributed by atoms with van der Waals surface area (Å²) in [5.74, 6) is 1.59. The Balaban J connectivity index is 1.31. The standard InChI is InChI=1S/C21H27N5O2S/c1-13-4-5-14(2)17(10-13)22-18(27)11-25(3)19(28)12-29-21-24-23-20(15-6-7-15)26(21)16-8-9-16/h4-5,10,15-16H,6-9,11-12H2,1-3H3,(H,22,27). The Morgan fingerprint density at radius 2 is 1.97 bits per heavy atom. The van der Waals surface area contributed by atoms with Crippen LogP contribution in [0.3, 0.4) is 0 Å². The number of nitrogens with zero attached hydrogens (tertiary/aromatic N) is 4. The molecule has 2 amide bonds. The van der Waals surface area contributed by atoms with Crippen LogP contribution in [0.15, 0.2) is 23.4 Å². The largest absolute Gasteiger partial charge is 0.336 e. The van der Waals surface area contributed by atoms with Gasteiger partial charge < -0.3 is 14.8 Å². The molecule has 1 heterocycles. The topological polar surface area (TPSA) is 80.1 Å². The second-order valence-corrected chi connectivity index (χ2v) is 9.06. The molecule has 4 rings (SSSR count). The molecule has 8 heteroatoms. The number of aryl methyl sites for hydroxylation is 2. The molecular formula is C21H27N5O2S. The number of thioether (sulfide) groups is 1. The van der Waals surface area contributed by atoms with Crippen molar-refractivity contribution in [3.63, 3.8) is 0 Å². The molecule has 0 saturated heterocycles. The molecule has 0 atom stereocenters. The molecule has 29 heavy (non-hydrogen) atoms. The molecule has 1 aromatic heterocycles. The zero-order valence-corrected chi connectivity index (χ0v) is 18.0. The molecule has 0 aliphatic heterocycles. The van der Waals surface area contributed by atoms with Gasteiger partial charge in [0.15, 0.2) is 5.16 Å². The van der Waals surface area contributed by atoms with E-state index in [0.29, 0.717) is 12.0 Å². The van der Waals surface area contributed by atoms with E-state index in [-0.39, 0.29) is 24.1 Å². The van der Waals surface area contributed by atoms with Gasteiger partial charge in [0.05, 0.1) is 12.3 Å². The number of hydrogen-bond acceptors (Lipinski definition) is 5. The number of carbonyl (C=O) groups excluding carboxylic acids is 2. The van der Waals surface area contributed by atoms with Gasteiger partial charge in [-0.25, -0.2) is 0 Å². The summed E-state index contributed by atoms with van der Waals surface area (Å²) in [6.45, 7) is 3.96. The van der Waals surface area contributed by atoms with Crippen molar-refractivity contribution in [2.75, 3.05) is 24.7 Å². The zero-order chi connectivity index (χ0) is 20.5. The van der Waals surface area contributed by atoms with E-state index in [1.54, 1.807) is 7.05 Å². The minimum atomic E-state index is -0.197. The molecular weight excluding hydrogens is 386 g/mol. The van der Waals surface area contributed by atoms with Crippen LogP contribution in [0.5, 0.6) is 0 Å². The first-order valence-electron chi connectivity index (χ1n) is 10.1. The number of nitrogens with one attached hydrogen (secondary N) is 1. The number of carbonyl (C=O) groups is 2. The van der Waals surface area contributed by atoms with Crippen LogP contribution in [0, 0.1) is 13.8 Å². The van der Waals surface area contributed by atoms with Gasteiger partial charge in [0.2, 0.25) is 11.8 Å². The van der Waals surface area contributed by atoms with Crippen molar-refractivity contribution < 1.29 is 9.59 Å². The molecule has 0 radical (unpaired) electrons. The highest BCUT2D eigenvalue weighted by molar-refractivity contribution is 7.99. The first kappa shape index (κ1) is 19.9. The van der Waals surface area contributed by atoms with Crippen LogP contribution >= 0.6 is 11.8 Å². The molecule has 2 fully saturated rings. The summed E-state index contributed by atoms with van der Waals surface area (Å²) < 4.78 is 2.24. The van der Waals surface area contributed by atoms with Crippen LogP contribution in [0.1, 0.15) is 54.6 Å². The van der Waals surface area contributed by atoms with E-state index >= 15 is 0 Å². The molecule has 1 aromatic carbocycles. The highest BCUT2D eigenvalue weighted by Gasteiger charge is 2.36. The number of rotatable bonds is 8. The Labute approximate surface area is 175 Å². The molecule has 2 saturated carbocycles. The molecule has 0 spiro atoms. The van der Waals surface area contributed by atoms with Gasteiger partial charge in [-0.2, -0.15) is 0 Å². The van der Waals surface area contributed by atoms with Crippen molar-refractivity contribution in [2.45, 2.75) is 56.6 Å². The van der Waals surface area contributed by atoms with Crippen molar-refractivity contribution >= 4 is 29.3 Å². The van der Waals surface area contributed by atoms with Gasteiger partial charge in [0.1, 0.15) is 5.82 Å². The van der Waals surface area contributed by atoms with Crippen molar-refractivity contribution in [1.82, 2.24) is 19.7 Å². The van der Waals surface area contributed by atoms with E-state index in [9.17, 15) is 9.59 Å². The number of likely N-dealkylation sites (N-methyl/N-ethyl adjacent to an activating group) is 1. The number of amides is 2. The zero-order valence-electron chi connectivity index (χ0n) is 17.1. The van der Waals surface area contributed by atoms with Gasteiger partial charge in [0.25, 0.3) is 0 Å². The molecule has 2 aliphatic rings. The van der Waals surface area contributed by atoms with Crippen molar-refractivity contribution in [1.29, 1.82) is 0 Å². The van der Waals surface area contributed by atoms with Crippen molar-refractivity contribution in [3.05, 3.63) is 35.2 Å². The fourth-order valence-corrected chi connectivity index (χ4v) is 4.24. The summed E-state index contributed by atoms with van der Waals surface area (Å²) in [5.41, 5.74) is 2.87. The fraction of sp³-hybridized carbons (Fsp3) is 0.524. The van der Waals surface area contributed by atoms with E-state index < -0.39 is 0 Å². The lowest BCUT2D eigenvalue weighted by Crippen LogP contribution is -2.36. The Morgan fingerprint density at radius 3 is 2.66 bits per heavy atom. The van der Waals surface area contributed by atoms with Crippen LogP contribution in [-0.2, 0) is 9.59 Å². The van der Waals surface area contributed by atoms with E-state index in [1.807, 2.05) is 32.0 Å². The van der Waals surface area contributed by atoms with Crippen LogP contribution in [-0.4, -0.2) is 50.8 Å². The highest BCUT2D eigenvalue weighted by Crippen LogP contribution is 2.45. The lowest BCUT2D eigenvalue weighted by molar-refractivity contribution is -0.131. The van der Waals surface area contributed by atoms with Crippen molar-refractivity contribution in [2.24, 2.45) is 0 Å². The number of benzene rings is 1. The van der Waals surface area contributed by atoms with E-state index in [2.05, 4.69) is 20.1 Å². The molecule has 154 valence electrons. The lowest BCUT2D eigenvalue weighted by Gasteiger charge is -2.17. The predicted molar refractivity (Wildman–Crippen MR) is 113 cm³/mol. The average Bonchev–Trinajstić information content (AvgIpc) is 3.61. The third kappa shape index (κ3) is 4.80. The van der Waals surface area contributed by atoms with E-state index in [1.165, 1.54) is 29.5 Å². The van der Waals surface area contributed by atoms with Crippen LogP contribution in [0.2, 0.25) is 0 Å². The van der Waals surface area contributed by atoms with Crippen LogP contribution in [0.25, 0.3) is 0 Å². The normalized spacial score (nSPS) is 16.0. The van der Waals surface area contributed by atoms with Gasteiger partial charge in [0, 0.05) is 24.7 Å². The Hall–Kier alpha value is -2.35. The fourth-order valence-electron chi connectivity index (χ4n) is 3.28. The van der Waals surface area contributed by atoms with E-state index in [0.717, 1.165) is 40.6 Å². The second-order valence-electron chi connectivity index (χ2n) is 8.12. The highest BCUT2D eigenvalue weighted by atomic mass is 32.2. The Morgan fingerprint density at radius 1 is 1.21 bits per heavy atom. The minimum Gasteiger partial charge on any atom is -0.336 e. The summed E-state index contributed by atoms with van der Waals surface area (Å²) >= 11 is 1.42. The maximum atomic E-state index is 12.5. The summed E-state index contributed by atoms with van der Waals surface area (Å²) in [4.78, 5) is 26.4. The minimum absolute atomic E-state index is 0.0232. The monoisotopic (exact) mass is 413 g/mol. The summed E-state index contributed by atoms with van der Waals surface area (Å²) in [5, 5.41) is 12.4.